The van der Waals surface area contributed by atoms with Crippen LogP contribution in [0.4, 0.5) is 13.2 Å². The van der Waals surface area contributed by atoms with Crippen LogP contribution in [0.15, 0.2) is 12.1 Å². The lowest BCUT2D eigenvalue weighted by Gasteiger charge is -2.37. The van der Waals surface area contributed by atoms with Gasteiger partial charge in [-0.3, -0.25) is 0 Å². The maximum atomic E-state index is 12.5. The van der Waals surface area contributed by atoms with Crippen LogP contribution in [0.25, 0.3) is 0 Å². The lowest BCUT2D eigenvalue weighted by molar-refractivity contribution is -0.141. The van der Waals surface area contributed by atoms with Crippen LogP contribution < -0.4 is 0 Å². The van der Waals surface area contributed by atoms with Crippen molar-refractivity contribution in [2.24, 2.45) is 0 Å². The lowest BCUT2D eigenvalue weighted by atomic mass is 9.75. The van der Waals surface area contributed by atoms with E-state index in [0.717, 1.165) is 12.5 Å². The first-order chi connectivity index (χ1) is 7.31. The largest absolute Gasteiger partial charge is 0.433 e. The Bertz CT molecular complexity index is 415. The summed E-state index contributed by atoms with van der Waals surface area (Å²) in [6.07, 6.45) is -2.81. The predicted molar refractivity (Wildman–Crippen MR) is 52.0 cm³/mol. The molecule has 6 heteroatoms. The first-order valence-electron chi connectivity index (χ1n) is 4.79. The first kappa shape index (κ1) is 11.7. The van der Waals surface area contributed by atoms with Gasteiger partial charge in [0.2, 0.25) is 0 Å². The summed E-state index contributed by atoms with van der Waals surface area (Å²) in [6.45, 7) is 0. The zero-order valence-corrected chi connectivity index (χ0v) is 8.94. The van der Waals surface area contributed by atoms with Gasteiger partial charge in [-0.25, -0.2) is 4.98 Å². The fraction of sp³-hybridized carbons (Fsp3) is 0.500. The van der Waals surface area contributed by atoms with Crippen molar-refractivity contribution in [1.29, 1.82) is 0 Å². The second kappa shape index (κ2) is 3.60. The van der Waals surface area contributed by atoms with Crippen molar-refractivity contribution in [3.05, 3.63) is 28.5 Å². The molecular weight excluding hydrogens is 243 g/mol. The number of pyridine rings is 1. The van der Waals surface area contributed by atoms with Gasteiger partial charge in [-0.1, -0.05) is 11.6 Å². The van der Waals surface area contributed by atoms with Crippen LogP contribution in [0.1, 0.15) is 30.5 Å². The van der Waals surface area contributed by atoms with E-state index in [1.54, 1.807) is 0 Å². The van der Waals surface area contributed by atoms with Gasteiger partial charge in [-0.2, -0.15) is 13.2 Å². The molecule has 0 bridgehead atoms. The highest BCUT2D eigenvalue weighted by molar-refractivity contribution is 6.29. The Morgan fingerprint density at radius 2 is 1.94 bits per heavy atom. The number of alkyl halides is 3. The minimum absolute atomic E-state index is 0.200. The van der Waals surface area contributed by atoms with E-state index >= 15 is 0 Å². The van der Waals surface area contributed by atoms with Gasteiger partial charge < -0.3 is 5.11 Å². The zero-order chi connectivity index (χ0) is 12.0. The van der Waals surface area contributed by atoms with Gasteiger partial charge in [-0.05, 0) is 37.0 Å². The van der Waals surface area contributed by atoms with E-state index in [-0.39, 0.29) is 10.7 Å². The molecule has 1 aromatic heterocycles. The number of aromatic nitrogens is 1. The summed E-state index contributed by atoms with van der Waals surface area (Å²) in [5, 5.41) is 9.70. The summed E-state index contributed by atoms with van der Waals surface area (Å²) in [5.74, 6) is 0. The normalized spacial score (nSPS) is 19.3. The SMILES string of the molecule is OC1(c2cc(Cl)nc(C(F)(F)F)c2)CCC1. The van der Waals surface area contributed by atoms with Gasteiger partial charge >= 0.3 is 6.18 Å². The molecule has 0 amide bonds. The van der Waals surface area contributed by atoms with Crippen LogP contribution in [0.5, 0.6) is 0 Å². The molecule has 0 atom stereocenters. The van der Waals surface area contributed by atoms with Crippen LogP contribution in [0.3, 0.4) is 0 Å². The molecule has 1 saturated carbocycles. The third kappa shape index (κ3) is 2.01. The minimum atomic E-state index is -4.54. The number of hydrogen-bond acceptors (Lipinski definition) is 2. The van der Waals surface area contributed by atoms with Crippen LogP contribution in [0.2, 0.25) is 5.15 Å². The van der Waals surface area contributed by atoms with Crippen LogP contribution >= 0.6 is 11.6 Å². The minimum Gasteiger partial charge on any atom is -0.385 e. The Hall–Kier alpha value is -0.810. The molecule has 1 heterocycles. The van der Waals surface area contributed by atoms with Crippen molar-refractivity contribution in [3.8, 4) is 0 Å². The van der Waals surface area contributed by atoms with Gasteiger partial charge in [0, 0.05) is 0 Å². The number of nitrogens with zero attached hydrogens (tertiary/aromatic N) is 1. The highest BCUT2D eigenvalue weighted by atomic mass is 35.5. The third-order valence-corrected chi connectivity index (χ3v) is 3.00. The molecule has 1 aliphatic carbocycles. The Labute approximate surface area is 95.1 Å². The Morgan fingerprint density at radius 3 is 2.38 bits per heavy atom. The van der Waals surface area contributed by atoms with Gasteiger partial charge in [0.25, 0.3) is 0 Å². The van der Waals surface area contributed by atoms with E-state index in [0.29, 0.717) is 12.8 Å². The summed E-state index contributed by atoms with van der Waals surface area (Å²) in [6, 6.07) is 2.15. The molecule has 0 radical (unpaired) electrons. The summed E-state index contributed by atoms with van der Waals surface area (Å²) in [4.78, 5) is 3.21. The number of halogens is 4. The average Bonchev–Trinajstić information content (AvgIpc) is 2.11. The maximum Gasteiger partial charge on any atom is 0.433 e. The molecule has 2 nitrogen and oxygen atoms in total. The van der Waals surface area contributed by atoms with E-state index in [9.17, 15) is 18.3 Å². The molecule has 88 valence electrons. The van der Waals surface area contributed by atoms with Crippen molar-refractivity contribution in [2.45, 2.75) is 31.0 Å². The van der Waals surface area contributed by atoms with E-state index in [4.69, 9.17) is 11.6 Å². The second-order valence-corrected chi connectivity index (χ2v) is 4.33. The number of aliphatic hydroxyl groups is 1. The lowest BCUT2D eigenvalue weighted by Crippen LogP contribution is -2.34. The van der Waals surface area contributed by atoms with Gasteiger partial charge in [0.05, 0.1) is 5.60 Å². The van der Waals surface area contributed by atoms with Crippen molar-refractivity contribution >= 4 is 11.6 Å². The summed E-state index contributed by atoms with van der Waals surface area (Å²) in [5.41, 5.74) is -2.02. The molecule has 0 aromatic carbocycles. The van der Waals surface area contributed by atoms with Crippen molar-refractivity contribution in [3.63, 3.8) is 0 Å². The second-order valence-electron chi connectivity index (χ2n) is 3.95. The molecule has 0 aliphatic heterocycles. The molecule has 0 saturated heterocycles. The summed E-state index contributed by atoms with van der Waals surface area (Å²) < 4.78 is 37.4. The first-order valence-corrected chi connectivity index (χ1v) is 5.17. The number of hydrogen-bond donors (Lipinski definition) is 1. The zero-order valence-electron chi connectivity index (χ0n) is 8.18. The molecule has 0 unspecified atom stereocenters. The summed E-state index contributed by atoms with van der Waals surface area (Å²) in [7, 11) is 0. The molecule has 1 N–H and O–H groups in total. The Balaban J connectivity index is 2.44. The Morgan fingerprint density at radius 1 is 1.31 bits per heavy atom. The molecular formula is C10H9ClF3NO. The number of rotatable bonds is 1. The predicted octanol–water partition coefficient (Wildman–Crippen LogP) is 3.13. The van der Waals surface area contributed by atoms with Gasteiger partial charge in [0.15, 0.2) is 0 Å². The fourth-order valence-electron chi connectivity index (χ4n) is 1.71. The smallest absolute Gasteiger partial charge is 0.385 e. The van der Waals surface area contributed by atoms with Crippen LogP contribution in [-0.4, -0.2) is 10.1 Å². The highest BCUT2D eigenvalue weighted by Gasteiger charge is 2.40. The van der Waals surface area contributed by atoms with E-state index in [2.05, 4.69) is 4.98 Å². The van der Waals surface area contributed by atoms with E-state index < -0.39 is 17.5 Å². The van der Waals surface area contributed by atoms with Crippen molar-refractivity contribution < 1.29 is 18.3 Å². The van der Waals surface area contributed by atoms with Crippen molar-refractivity contribution in [2.75, 3.05) is 0 Å². The average molecular weight is 252 g/mol. The van der Waals surface area contributed by atoms with Crippen molar-refractivity contribution in [1.82, 2.24) is 4.98 Å². The molecule has 16 heavy (non-hydrogen) atoms. The quantitative estimate of drug-likeness (QED) is 0.778. The highest BCUT2D eigenvalue weighted by Crippen LogP contribution is 2.42. The summed E-state index contributed by atoms with van der Waals surface area (Å²) >= 11 is 5.52. The molecule has 1 aliphatic rings. The maximum absolute atomic E-state index is 12.5. The molecule has 1 fully saturated rings. The third-order valence-electron chi connectivity index (χ3n) is 2.80. The van der Waals surface area contributed by atoms with Gasteiger partial charge in [-0.15, -0.1) is 0 Å². The fourth-order valence-corrected chi connectivity index (χ4v) is 1.92. The topological polar surface area (TPSA) is 33.1 Å². The standard InChI is InChI=1S/C10H9ClF3NO/c11-8-5-6(9(16)2-1-3-9)4-7(15-8)10(12,13)14/h4-5,16H,1-3H2. The van der Waals surface area contributed by atoms with Gasteiger partial charge in [0.1, 0.15) is 10.8 Å². The monoisotopic (exact) mass is 251 g/mol. The molecule has 1 aromatic rings. The Kier molecular flexibility index (Phi) is 2.62. The molecule has 2 rings (SSSR count). The molecule has 0 spiro atoms. The van der Waals surface area contributed by atoms with Crippen LogP contribution in [-0.2, 0) is 11.8 Å². The van der Waals surface area contributed by atoms with E-state index in [1.165, 1.54) is 6.07 Å². The van der Waals surface area contributed by atoms with Crippen LogP contribution in [0, 0.1) is 0 Å². The van der Waals surface area contributed by atoms with E-state index in [1.807, 2.05) is 0 Å².